The van der Waals surface area contributed by atoms with Crippen LogP contribution in [0, 0.1) is 11.8 Å². The molecule has 0 rings (SSSR count). The highest BCUT2D eigenvalue weighted by molar-refractivity contribution is 5.71. The second-order valence-corrected chi connectivity index (χ2v) is 9.71. The summed E-state index contributed by atoms with van der Waals surface area (Å²) in [4.78, 5) is 12.4. The van der Waals surface area contributed by atoms with E-state index in [1.54, 1.807) is 0 Å². The second-order valence-electron chi connectivity index (χ2n) is 9.71. The van der Waals surface area contributed by atoms with Crippen LogP contribution in [0.15, 0.2) is 0 Å². The summed E-state index contributed by atoms with van der Waals surface area (Å²) in [6.07, 6.45) is 26.0. The summed E-state index contributed by atoms with van der Waals surface area (Å²) >= 11 is 0. The fourth-order valence-corrected chi connectivity index (χ4v) is 4.24. The van der Waals surface area contributed by atoms with Gasteiger partial charge in [0.1, 0.15) is 0 Å². The van der Waals surface area contributed by atoms with Gasteiger partial charge in [0.25, 0.3) is 0 Å². The van der Waals surface area contributed by atoms with E-state index in [4.69, 9.17) is 4.74 Å². The molecule has 2 unspecified atom stereocenters. The Balaban J connectivity index is 3.89. The zero-order chi connectivity index (χ0) is 22.3. The monoisotopic (exact) mass is 424 g/mol. The minimum absolute atomic E-state index is 0.0402. The Morgan fingerprint density at radius 1 is 0.567 bits per heavy atom. The lowest BCUT2D eigenvalue weighted by molar-refractivity contribution is -0.149. The van der Waals surface area contributed by atoms with Crippen LogP contribution in [0.3, 0.4) is 0 Å². The van der Waals surface area contributed by atoms with Gasteiger partial charge in [0, 0.05) is 0 Å². The van der Waals surface area contributed by atoms with Gasteiger partial charge in [-0.25, -0.2) is 0 Å². The normalized spacial score (nSPS) is 13.3. The molecular weight excluding hydrogens is 368 g/mol. The van der Waals surface area contributed by atoms with Crippen molar-refractivity contribution in [3.8, 4) is 0 Å². The van der Waals surface area contributed by atoms with E-state index in [2.05, 4.69) is 27.7 Å². The first-order chi connectivity index (χ1) is 14.7. The first-order valence-corrected chi connectivity index (χ1v) is 13.8. The lowest BCUT2D eigenvalue weighted by atomic mass is 9.95. The van der Waals surface area contributed by atoms with Crippen molar-refractivity contribution in [1.82, 2.24) is 0 Å². The fourth-order valence-electron chi connectivity index (χ4n) is 4.24. The van der Waals surface area contributed by atoms with Gasteiger partial charge < -0.3 is 4.74 Å². The van der Waals surface area contributed by atoms with Gasteiger partial charge in [-0.15, -0.1) is 0 Å². The van der Waals surface area contributed by atoms with Crippen LogP contribution in [-0.2, 0) is 9.53 Å². The lowest BCUT2D eigenvalue weighted by Crippen LogP contribution is -2.19. The Morgan fingerprint density at radius 3 is 1.47 bits per heavy atom. The molecule has 0 saturated carbocycles. The van der Waals surface area contributed by atoms with E-state index in [0.717, 1.165) is 6.42 Å². The summed E-state index contributed by atoms with van der Waals surface area (Å²) in [5.41, 5.74) is 0. The maximum absolute atomic E-state index is 12.4. The highest BCUT2D eigenvalue weighted by Crippen LogP contribution is 2.20. The molecule has 0 aromatic rings. The molecule has 0 aromatic carbocycles. The molecule has 0 saturated heterocycles. The van der Waals surface area contributed by atoms with E-state index >= 15 is 0 Å². The minimum Gasteiger partial charge on any atom is -0.465 e. The molecule has 0 radical (unpaired) electrons. The predicted molar refractivity (Wildman–Crippen MR) is 133 cm³/mol. The van der Waals surface area contributed by atoms with E-state index in [9.17, 15) is 4.79 Å². The number of rotatable bonds is 23. The van der Waals surface area contributed by atoms with Gasteiger partial charge in [-0.1, -0.05) is 137 Å². The summed E-state index contributed by atoms with van der Waals surface area (Å²) < 4.78 is 5.76. The fraction of sp³-hybridized carbons (Fsp3) is 0.964. The molecule has 0 bridgehead atoms. The Morgan fingerprint density at radius 2 is 0.967 bits per heavy atom. The van der Waals surface area contributed by atoms with E-state index in [0.29, 0.717) is 12.5 Å². The van der Waals surface area contributed by atoms with Crippen LogP contribution in [0.4, 0.5) is 0 Å². The molecule has 180 valence electrons. The van der Waals surface area contributed by atoms with E-state index in [1.807, 2.05) is 0 Å². The largest absolute Gasteiger partial charge is 0.465 e. The van der Waals surface area contributed by atoms with Crippen LogP contribution >= 0.6 is 0 Å². The predicted octanol–water partition coefficient (Wildman–Crippen LogP) is 9.64. The molecule has 0 aromatic heterocycles. The Kier molecular flexibility index (Phi) is 22.7. The Bertz CT molecular complexity index is 353. The molecule has 0 heterocycles. The van der Waals surface area contributed by atoms with Gasteiger partial charge >= 0.3 is 5.97 Å². The zero-order valence-corrected chi connectivity index (χ0v) is 21.3. The number of esters is 1. The van der Waals surface area contributed by atoms with Crippen molar-refractivity contribution >= 4 is 5.97 Å². The summed E-state index contributed by atoms with van der Waals surface area (Å²) in [7, 11) is 0. The summed E-state index contributed by atoms with van der Waals surface area (Å²) in [5.74, 6) is 0.675. The van der Waals surface area contributed by atoms with Crippen LogP contribution < -0.4 is 0 Å². The summed E-state index contributed by atoms with van der Waals surface area (Å²) in [6.45, 7) is 9.49. The number of ether oxygens (including phenoxy) is 1. The SMILES string of the molecule is CCCCCCCCCCC(CCCC)COC(=O)C(C)CCCCCCCCC. The van der Waals surface area contributed by atoms with Crippen LogP contribution in [0.5, 0.6) is 0 Å². The first-order valence-electron chi connectivity index (χ1n) is 13.8. The molecule has 2 nitrogen and oxygen atoms in total. The smallest absolute Gasteiger partial charge is 0.308 e. The molecular formula is C28H56O2. The molecule has 0 fully saturated rings. The van der Waals surface area contributed by atoms with Gasteiger partial charge in [0.15, 0.2) is 0 Å². The van der Waals surface area contributed by atoms with Crippen LogP contribution in [0.1, 0.15) is 156 Å². The topological polar surface area (TPSA) is 26.3 Å². The van der Waals surface area contributed by atoms with Crippen molar-refractivity contribution in [3.05, 3.63) is 0 Å². The first kappa shape index (κ1) is 29.5. The van der Waals surface area contributed by atoms with E-state index in [1.165, 1.54) is 122 Å². The molecule has 0 aliphatic carbocycles. The van der Waals surface area contributed by atoms with Gasteiger partial charge in [0.2, 0.25) is 0 Å². The maximum atomic E-state index is 12.4. The molecule has 2 heteroatoms. The third-order valence-electron chi connectivity index (χ3n) is 6.54. The third kappa shape index (κ3) is 19.4. The van der Waals surface area contributed by atoms with Gasteiger partial charge in [-0.3, -0.25) is 4.79 Å². The van der Waals surface area contributed by atoms with E-state index < -0.39 is 0 Å². The highest BCUT2D eigenvalue weighted by Gasteiger charge is 2.17. The maximum Gasteiger partial charge on any atom is 0.308 e. The average molecular weight is 425 g/mol. The zero-order valence-electron chi connectivity index (χ0n) is 21.3. The minimum atomic E-state index is 0.0402. The number of carbonyl (C=O) groups is 1. The molecule has 0 aliphatic heterocycles. The van der Waals surface area contributed by atoms with Crippen molar-refractivity contribution in [3.63, 3.8) is 0 Å². The number of carbonyl (C=O) groups excluding carboxylic acids is 1. The molecule has 0 N–H and O–H groups in total. The standard InChI is InChI=1S/C28H56O2/c1-5-8-11-13-15-17-19-21-24-27(23-10-7-3)25-30-28(29)26(4)22-20-18-16-14-12-9-6-2/h26-27H,5-25H2,1-4H3. The molecule has 0 spiro atoms. The number of hydrogen-bond acceptors (Lipinski definition) is 2. The van der Waals surface area contributed by atoms with Crippen LogP contribution in [0.25, 0.3) is 0 Å². The molecule has 2 atom stereocenters. The summed E-state index contributed by atoms with van der Waals surface area (Å²) in [6, 6.07) is 0. The average Bonchev–Trinajstić information content (AvgIpc) is 2.75. The second kappa shape index (κ2) is 23.1. The van der Waals surface area contributed by atoms with Crippen molar-refractivity contribution in [2.24, 2.45) is 11.8 Å². The van der Waals surface area contributed by atoms with Crippen molar-refractivity contribution in [1.29, 1.82) is 0 Å². The van der Waals surface area contributed by atoms with Crippen LogP contribution in [0.2, 0.25) is 0 Å². The van der Waals surface area contributed by atoms with Crippen molar-refractivity contribution in [2.75, 3.05) is 6.61 Å². The highest BCUT2D eigenvalue weighted by atomic mass is 16.5. The van der Waals surface area contributed by atoms with Gasteiger partial charge in [-0.05, 0) is 25.2 Å². The van der Waals surface area contributed by atoms with Gasteiger partial charge in [-0.2, -0.15) is 0 Å². The quantitative estimate of drug-likeness (QED) is 0.120. The molecule has 0 aliphatic rings. The number of hydrogen-bond donors (Lipinski definition) is 0. The Labute approximate surface area is 190 Å². The summed E-state index contributed by atoms with van der Waals surface area (Å²) in [5, 5.41) is 0. The molecule has 30 heavy (non-hydrogen) atoms. The van der Waals surface area contributed by atoms with E-state index in [-0.39, 0.29) is 11.9 Å². The van der Waals surface area contributed by atoms with Crippen molar-refractivity contribution in [2.45, 2.75) is 156 Å². The van der Waals surface area contributed by atoms with Gasteiger partial charge in [0.05, 0.1) is 12.5 Å². The Hall–Kier alpha value is -0.530. The number of unbranched alkanes of at least 4 members (excludes halogenated alkanes) is 14. The lowest BCUT2D eigenvalue weighted by Gasteiger charge is -2.18. The third-order valence-corrected chi connectivity index (χ3v) is 6.54. The van der Waals surface area contributed by atoms with Crippen molar-refractivity contribution < 1.29 is 9.53 Å². The van der Waals surface area contributed by atoms with Crippen LogP contribution in [-0.4, -0.2) is 12.6 Å². The molecule has 0 amide bonds.